The zero-order valence-electron chi connectivity index (χ0n) is 19.7. The molecule has 1 aromatic heterocycles. The molecule has 0 atom stereocenters. The molecule has 0 bridgehead atoms. The maximum absolute atomic E-state index is 14.8. The number of fused-ring (bicyclic) bond motifs is 1. The van der Waals surface area contributed by atoms with Crippen molar-refractivity contribution in [2.45, 2.75) is 0 Å². The quantitative estimate of drug-likeness (QED) is 0.313. The number of rotatable bonds is 4. The molecule has 4 aromatic rings. The summed E-state index contributed by atoms with van der Waals surface area (Å²) in [6.45, 7) is 0.819. The van der Waals surface area contributed by atoms with Crippen molar-refractivity contribution >= 4 is 34.6 Å². The highest BCUT2D eigenvalue weighted by molar-refractivity contribution is 6.45. The van der Waals surface area contributed by atoms with E-state index in [4.69, 9.17) is 4.74 Å². The van der Waals surface area contributed by atoms with Crippen molar-refractivity contribution < 1.29 is 28.3 Å². The first-order chi connectivity index (χ1) is 17.9. The lowest BCUT2D eigenvalue weighted by Gasteiger charge is -2.34. The van der Waals surface area contributed by atoms with Crippen LogP contribution in [0.4, 0.5) is 9.18 Å². The van der Waals surface area contributed by atoms with E-state index in [1.165, 1.54) is 17.0 Å². The molecule has 2 heterocycles. The van der Waals surface area contributed by atoms with Gasteiger partial charge in [0, 0.05) is 43.3 Å². The fourth-order valence-corrected chi connectivity index (χ4v) is 4.34. The Bertz CT molecular complexity index is 1490. The van der Waals surface area contributed by atoms with Crippen molar-refractivity contribution in [3.05, 3.63) is 102 Å². The molecular weight excluding hydrogens is 477 g/mol. The van der Waals surface area contributed by atoms with Gasteiger partial charge in [0.05, 0.1) is 11.1 Å². The van der Waals surface area contributed by atoms with Crippen molar-refractivity contribution in [3.63, 3.8) is 0 Å². The molecule has 3 aromatic carbocycles. The number of carbonyl (C=O) groups is 4. The van der Waals surface area contributed by atoms with Crippen LogP contribution in [0.25, 0.3) is 10.9 Å². The molecule has 0 unspecified atom stereocenters. The molecule has 0 aliphatic carbocycles. The Morgan fingerprint density at radius 3 is 2.03 bits per heavy atom. The van der Waals surface area contributed by atoms with Crippen molar-refractivity contribution in [3.8, 4) is 5.75 Å². The fourth-order valence-electron chi connectivity index (χ4n) is 4.34. The lowest BCUT2D eigenvalue weighted by Crippen LogP contribution is -2.52. The second-order valence-corrected chi connectivity index (χ2v) is 8.51. The average molecular weight is 499 g/mol. The number of ether oxygens (including phenoxy) is 1. The zero-order valence-corrected chi connectivity index (χ0v) is 19.7. The summed E-state index contributed by atoms with van der Waals surface area (Å²) in [6, 6.07) is 21.2. The third-order valence-corrected chi connectivity index (χ3v) is 6.24. The molecule has 0 radical (unpaired) electrons. The maximum Gasteiger partial charge on any atom is 0.423 e. The minimum atomic E-state index is -0.941. The van der Waals surface area contributed by atoms with Crippen LogP contribution >= 0.6 is 0 Å². The summed E-state index contributed by atoms with van der Waals surface area (Å²) in [7, 11) is 0. The van der Waals surface area contributed by atoms with Gasteiger partial charge in [-0.3, -0.25) is 19.0 Å². The van der Waals surface area contributed by atoms with Crippen LogP contribution in [0, 0.1) is 5.82 Å². The minimum Gasteiger partial charge on any atom is -0.410 e. The normalized spacial score (nSPS) is 13.4. The Morgan fingerprint density at radius 2 is 1.35 bits per heavy atom. The summed E-state index contributed by atoms with van der Waals surface area (Å²) < 4.78 is 21.2. The van der Waals surface area contributed by atoms with Gasteiger partial charge in [0.1, 0.15) is 11.6 Å². The third-order valence-electron chi connectivity index (χ3n) is 6.24. The monoisotopic (exact) mass is 499 g/mol. The van der Waals surface area contributed by atoms with Crippen LogP contribution in [-0.2, 0) is 4.79 Å². The molecule has 5 rings (SSSR count). The Kier molecular flexibility index (Phi) is 6.51. The molecule has 8 nitrogen and oxygen atoms in total. The van der Waals surface area contributed by atoms with Gasteiger partial charge in [0.2, 0.25) is 0 Å². The summed E-state index contributed by atoms with van der Waals surface area (Å²) in [4.78, 5) is 54.8. The van der Waals surface area contributed by atoms with E-state index in [-0.39, 0.29) is 54.3 Å². The molecule has 37 heavy (non-hydrogen) atoms. The number of halogens is 1. The van der Waals surface area contributed by atoms with Crippen LogP contribution in [0.3, 0.4) is 0 Å². The van der Waals surface area contributed by atoms with E-state index in [0.29, 0.717) is 5.56 Å². The molecule has 1 aliphatic heterocycles. The summed E-state index contributed by atoms with van der Waals surface area (Å²) in [5.74, 6) is -2.38. The Labute approximate surface area is 211 Å². The van der Waals surface area contributed by atoms with Gasteiger partial charge in [0.15, 0.2) is 0 Å². The lowest BCUT2D eigenvalue weighted by atomic mass is 10.1. The van der Waals surface area contributed by atoms with Gasteiger partial charge >= 0.3 is 6.09 Å². The topological polar surface area (TPSA) is 88.9 Å². The van der Waals surface area contributed by atoms with Crippen LogP contribution in [0.1, 0.15) is 20.7 Å². The molecule has 0 spiro atoms. The Hall–Kier alpha value is -4.79. The summed E-state index contributed by atoms with van der Waals surface area (Å²) >= 11 is 0. The van der Waals surface area contributed by atoms with Gasteiger partial charge in [-0.25, -0.2) is 9.18 Å². The van der Waals surface area contributed by atoms with Crippen LogP contribution < -0.4 is 4.74 Å². The van der Waals surface area contributed by atoms with Crippen LogP contribution in [0.15, 0.2) is 85.1 Å². The molecule has 9 heteroatoms. The number of hydrogen-bond donors (Lipinski definition) is 0. The number of amides is 2. The summed E-state index contributed by atoms with van der Waals surface area (Å²) in [6.07, 6.45) is 0.287. The number of hydrogen-bond acceptors (Lipinski definition) is 5. The van der Waals surface area contributed by atoms with Crippen LogP contribution in [0.5, 0.6) is 5.75 Å². The van der Waals surface area contributed by atoms with Gasteiger partial charge in [-0.05, 0) is 36.4 Å². The standard InChI is InChI=1S/C28H22FN3O5/c29-22-12-7-13-23-24(22)21(18-32(23)28(36)37-20-10-5-2-6-11-20)25(33)27(35)31-16-14-30(15-17-31)26(34)19-8-3-1-4-9-19/h1-13,18H,14-17H2. The van der Waals surface area contributed by atoms with Gasteiger partial charge in [-0.2, -0.15) is 0 Å². The van der Waals surface area contributed by atoms with E-state index in [2.05, 4.69) is 0 Å². The van der Waals surface area contributed by atoms with Crippen molar-refractivity contribution in [1.29, 1.82) is 0 Å². The van der Waals surface area contributed by atoms with Crippen LogP contribution in [0.2, 0.25) is 0 Å². The van der Waals surface area contributed by atoms with Gasteiger partial charge in [-0.1, -0.05) is 42.5 Å². The minimum absolute atomic E-state index is 0.107. The summed E-state index contributed by atoms with van der Waals surface area (Å²) in [5, 5.41) is -0.135. The largest absolute Gasteiger partial charge is 0.423 e. The molecule has 1 saturated heterocycles. The number of ketones is 1. The number of benzene rings is 3. The first-order valence-corrected chi connectivity index (χ1v) is 11.7. The van der Waals surface area contributed by atoms with E-state index in [9.17, 15) is 23.6 Å². The van der Waals surface area contributed by atoms with E-state index in [1.54, 1.807) is 59.5 Å². The second kappa shape index (κ2) is 10.1. The number of carbonyl (C=O) groups excluding carboxylic acids is 4. The zero-order chi connectivity index (χ0) is 25.9. The van der Waals surface area contributed by atoms with E-state index in [1.807, 2.05) is 6.07 Å². The Balaban J connectivity index is 1.35. The highest BCUT2D eigenvalue weighted by atomic mass is 19.1. The van der Waals surface area contributed by atoms with E-state index < -0.39 is 23.6 Å². The molecule has 0 N–H and O–H groups in total. The van der Waals surface area contributed by atoms with E-state index in [0.717, 1.165) is 16.8 Å². The molecular formula is C28H22FN3O5. The average Bonchev–Trinajstić information content (AvgIpc) is 3.34. The predicted octanol–water partition coefficient (Wildman–Crippen LogP) is 3.99. The van der Waals surface area contributed by atoms with Gasteiger partial charge in [0.25, 0.3) is 17.6 Å². The van der Waals surface area contributed by atoms with Gasteiger partial charge in [-0.15, -0.1) is 0 Å². The van der Waals surface area contributed by atoms with Crippen molar-refractivity contribution in [2.75, 3.05) is 26.2 Å². The molecule has 1 fully saturated rings. The SMILES string of the molecule is O=C(C(=O)N1CCN(C(=O)c2ccccc2)CC1)c1cn(C(=O)Oc2ccccc2)c2cccc(F)c12. The maximum atomic E-state index is 14.8. The molecule has 0 saturated carbocycles. The lowest BCUT2D eigenvalue weighted by molar-refractivity contribution is -0.127. The van der Waals surface area contributed by atoms with Crippen molar-refractivity contribution in [2.24, 2.45) is 0 Å². The number of nitrogens with zero attached hydrogens (tertiary/aromatic N) is 3. The van der Waals surface area contributed by atoms with Crippen molar-refractivity contribution in [1.82, 2.24) is 14.4 Å². The Morgan fingerprint density at radius 1 is 0.730 bits per heavy atom. The fraction of sp³-hybridized carbons (Fsp3) is 0.143. The molecule has 2 amide bonds. The smallest absolute Gasteiger partial charge is 0.410 e. The molecule has 1 aliphatic rings. The highest BCUT2D eigenvalue weighted by Gasteiger charge is 2.32. The highest BCUT2D eigenvalue weighted by Crippen LogP contribution is 2.26. The van der Waals surface area contributed by atoms with E-state index >= 15 is 0 Å². The summed E-state index contributed by atoms with van der Waals surface area (Å²) in [5.41, 5.74) is 0.422. The number of Topliss-reactive ketones (excluding diaryl/α,β-unsaturated/α-hetero) is 1. The predicted molar refractivity (Wildman–Crippen MR) is 133 cm³/mol. The van der Waals surface area contributed by atoms with Crippen LogP contribution in [-0.4, -0.2) is 64.2 Å². The number of piperazine rings is 1. The molecule has 186 valence electrons. The third kappa shape index (κ3) is 4.71. The second-order valence-electron chi connectivity index (χ2n) is 8.51. The van der Waals surface area contributed by atoms with Gasteiger partial charge < -0.3 is 14.5 Å². The first kappa shape index (κ1) is 23.9. The number of aromatic nitrogens is 1. The first-order valence-electron chi connectivity index (χ1n) is 11.7. The number of para-hydroxylation sites is 1.